The molecule has 0 aliphatic heterocycles. The van der Waals surface area contributed by atoms with Crippen molar-refractivity contribution in [2.45, 2.75) is 4.90 Å². The Morgan fingerprint density at radius 1 is 1.36 bits per heavy atom. The Labute approximate surface area is 88.4 Å². The predicted octanol–water partition coefficient (Wildman–Crippen LogP) is -1.93. The van der Waals surface area contributed by atoms with Gasteiger partial charge in [0.1, 0.15) is 5.82 Å². The number of halogens is 1. The molecule has 0 heterocycles. The molecule has 1 rings (SSSR count). The minimum atomic E-state index is -2.47. The molecule has 2 nitrogen and oxygen atoms in total. The van der Waals surface area contributed by atoms with Crippen molar-refractivity contribution >= 4 is 11.1 Å². The fourth-order valence-corrected chi connectivity index (χ4v) is 0.997. The van der Waals surface area contributed by atoms with Crippen LogP contribution in [0.15, 0.2) is 29.2 Å². The molecular formula is C6H4FNaO2S. The van der Waals surface area contributed by atoms with E-state index in [0.29, 0.717) is 0 Å². The summed E-state index contributed by atoms with van der Waals surface area (Å²) >= 11 is -2.47. The zero-order valence-electron chi connectivity index (χ0n) is 5.91. The number of hydrogen-bond acceptors (Lipinski definition) is 2. The van der Waals surface area contributed by atoms with Gasteiger partial charge in [0, 0.05) is 0 Å². The molecular weight excluding hydrogens is 178 g/mol. The van der Waals surface area contributed by atoms with Crippen LogP contribution in [0.3, 0.4) is 0 Å². The summed E-state index contributed by atoms with van der Waals surface area (Å²) in [7, 11) is 0. The van der Waals surface area contributed by atoms with Crippen molar-refractivity contribution in [2.75, 3.05) is 0 Å². The van der Waals surface area contributed by atoms with Crippen LogP contribution in [-0.2, 0) is 11.1 Å². The maximum atomic E-state index is 12.4. The molecule has 5 heteroatoms. The van der Waals surface area contributed by atoms with Gasteiger partial charge in [0.2, 0.25) is 0 Å². The van der Waals surface area contributed by atoms with E-state index in [1.54, 1.807) is 0 Å². The molecule has 0 saturated heterocycles. The molecule has 0 N–H and O–H groups in total. The van der Waals surface area contributed by atoms with Crippen molar-refractivity contribution < 1.29 is 42.7 Å². The topological polar surface area (TPSA) is 40.1 Å². The maximum Gasteiger partial charge on any atom is 1.00 e. The summed E-state index contributed by atoms with van der Waals surface area (Å²) in [4.78, 5) is -0.289. The largest absolute Gasteiger partial charge is 1.00 e. The van der Waals surface area contributed by atoms with Gasteiger partial charge in [-0.25, -0.2) is 4.39 Å². The second kappa shape index (κ2) is 5.00. The van der Waals surface area contributed by atoms with Crippen LogP contribution in [0.4, 0.5) is 4.39 Å². The van der Waals surface area contributed by atoms with E-state index in [2.05, 4.69) is 0 Å². The molecule has 1 aromatic carbocycles. The Balaban J connectivity index is 0.000001000. The Morgan fingerprint density at radius 3 is 2.27 bits per heavy atom. The van der Waals surface area contributed by atoms with Crippen LogP contribution in [0.25, 0.3) is 0 Å². The van der Waals surface area contributed by atoms with Gasteiger partial charge in [-0.15, -0.1) is 0 Å². The van der Waals surface area contributed by atoms with Crippen LogP contribution in [-0.4, -0.2) is 8.76 Å². The first-order valence-electron chi connectivity index (χ1n) is 2.55. The molecule has 0 saturated carbocycles. The number of benzene rings is 1. The van der Waals surface area contributed by atoms with Gasteiger partial charge >= 0.3 is 29.6 Å². The van der Waals surface area contributed by atoms with E-state index in [4.69, 9.17) is 0 Å². The molecule has 0 aliphatic rings. The quantitative estimate of drug-likeness (QED) is 0.375. The van der Waals surface area contributed by atoms with E-state index in [1.807, 2.05) is 0 Å². The van der Waals surface area contributed by atoms with Crippen LogP contribution < -0.4 is 29.6 Å². The van der Waals surface area contributed by atoms with E-state index >= 15 is 0 Å². The van der Waals surface area contributed by atoms with Crippen molar-refractivity contribution in [3.8, 4) is 0 Å². The Morgan fingerprint density at radius 2 is 1.91 bits per heavy atom. The van der Waals surface area contributed by atoms with Gasteiger partial charge in [-0.3, -0.25) is 4.21 Å². The summed E-state index contributed by atoms with van der Waals surface area (Å²) in [5.74, 6) is -0.712. The predicted molar refractivity (Wildman–Crippen MR) is 33.6 cm³/mol. The average Bonchev–Trinajstić information content (AvgIpc) is 1.88. The Hall–Kier alpha value is 0.260. The minimum absolute atomic E-state index is 0. The molecule has 0 radical (unpaired) electrons. The van der Waals surface area contributed by atoms with Gasteiger partial charge in [-0.2, -0.15) is 0 Å². The second-order valence-electron chi connectivity index (χ2n) is 1.67. The molecule has 1 unspecified atom stereocenters. The van der Waals surface area contributed by atoms with Crippen molar-refractivity contribution in [1.82, 2.24) is 0 Å². The first kappa shape index (κ1) is 11.3. The van der Waals surface area contributed by atoms with Crippen LogP contribution in [0.1, 0.15) is 0 Å². The third kappa shape index (κ3) is 3.01. The van der Waals surface area contributed by atoms with Gasteiger partial charge in [0.15, 0.2) is 0 Å². The van der Waals surface area contributed by atoms with E-state index in [0.717, 1.165) is 6.07 Å². The molecule has 0 bridgehead atoms. The molecule has 0 aromatic heterocycles. The third-order valence-corrected chi connectivity index (χ3v) is 1.71. The van der Waals surface area contributed by atoms with Crippen LogP contribution >= 0.6 is 0 Å². The fraction of sp³-hybridized carbons (Fsp3) is 0. The summed E-state index contributed by atoms with van der Waals surface area (Å²) in [6, 6.07) is 5.21. The molecule has 1 atom stereocenters. The monoisotopic (exact) mass is 182 g/mol. The Kier molecular flexibility index (Phi) is 5.12. The molecule has 1 aromatic rings. The van der Waals surface area contributed by atoms with Crippen LogP contribution in [0.2, 0.25) is 0 Å². The molecule has 54 valence electrons. The van der Waals surface area contributed by atoms with Gasteiger partial charge in [0.05, 0.1) is 4.90 Å². The maximum absolute atomic E-state index is 12.4. The van der Waals surface area contributed by atoms with Crippen molar-refractivity contribution in [3.63, 3.8) is 0 Å². The Bertz CT molecular complexity index is 267. The molecule has 11 heavy (non-hydrogen) atoms. The summed E-state index contributed by atoms with van der Waals surface area (Å²) in [5.41, 5.74) is 0. The molecule has 0 spiro atoms. The number of rotatable bonds is 1. The SMILES string of the molecule is O=S([O-])c1ccccc1F.[Na+]. The second-order valence-corrected chi connectivity index (χ2v) is 2.57. The summed E-state index contributed by atoms with van der Waals surface area (Å²) < 4.78 is 32.8. The summed E-state index contributed by atoms with van der Waals surface area (Å²) in [6.45, 7) is 0. The molecule has 0 fully saturated rings. The van der Waals surface area contributed by atoms with E-state index in [-0.39, 0.29) is 34.5 Å². The van der Waals surface area contributed by atoms with E-state index in [1.165, 1.54) is 18.2 Å². The van der Waals surface area contributed by atoms with Gasteiger partial charge in [0.25, 0.3) is 0 Å². The van der Waals surface area contributed by atoms with Crippen LogP contribution in [0.5, 0.6) is 0 Å². The third-order valence-electron chi connectivity index (χ3n) is 1.02. The van der Waals surface area contributed by atoms with Gasteiger partial charge < -0.3 is 4.55 Å². The molecule has 0 aliphatic carbocycles. The first-order chi connectivity index (χ1) is 4.72. The summed E-state index contributed by atoms with van der Waals surface area (Å²) in [6.07, 6.45) is 0. The minimum Gasteiger partial charge on any atom is -0.768 e. The van der Waals surface area contributed by atoms with Gasteiger partial charge in [-0.05, 0) is 23.2 Å². The zero-order chi connectivity index (χ0) is 7.56. The standard InChI is InChI=1S/C6H5FO2S.Na/c7-5-3-1-2-4-6(5)10(8)9;/h1-4H,(H,8,9);/q;+1/p-1. The van der Waals surface area contributed by atoms with Crippen molar-refractivity contribution in [2.24, 2.45) is 0 Å². The van der Waals surface area contributed by atoms with Crippen LogP contribution in [0, 0.1) is 5.82 Å². The van der Waals surface area contributed by atoms with Crippen molar-refractivity contribution in [3.05, 3.63) is 30.1 Å². The van der Waals surface area contributed by atoms with Crippen molar-refractivity contribution in [1.29, 1.82) is 0 Å². The van der Waals surface area contributed by atoms with Gasteiger partial charge in [-0.1, -0.05) is 12.1 Å². The number of hydrogen-bond donors (Lipinski definition) is 0. The average molecular weight is 182 g/mol. The molecule has 0 amide bonds. The fourth-order valence-electron chi connectivity index (χ4n) is 0.580. The summed E-state index contributed by atoms with van der Waals surface area (Å²) in [5, 5.41) is 0. The van der Waals surface area contributed by atoms with E-state index in [9.17, 15) is 13.2 Å². The van der Waals surface area contributed by atoms with E-state index < -0.39 is 16.9 Å². The first-order valence-corrected chi connectivity index (χ1v) is 3.63. The smallest absolute Gasteiger partial charge is 0.768 e. The zero-order valence-corrected chi connectivity index (χ0v) is 8.73. The normalized spacial score (nSPS) is 11.8.